The van der Waals surface area contributed by atoms with Crippen LogP contribution in [0.2, 0.25) is 0 Å². The topological polar surface area (TPSA) is 71.7 Å². The smallest absolute Gasteiger partial charge is 0.335 e. The fourth-order valence-electron chi connectivity index (χ4n) is 3.82. The van der Waals surface area contributed by atoms with Crippen LogP contribution in [0.25, 0.3) is 11.3 Å². The van der Waals surface area contributed by atoms with Gasteiger partial charge in [-0.1, -0.05) is 44.2 Å². The Hall–Kier alpha value is -3.05. The van der Waals surface area contributed by atoms with Gasteiger partial charge in [0, 0.05) is 16.8 Å². The number of aromatic carboxylic acids is 1. The second-order valence-electron chi connectivity index (χ2n) is 6.97. The van der Waals surface area contributed by atoms with E-state index in [4.69, 9.17) is 14.3 Å². The second kappa shape index (κ2) is 7.17. The molecule has 0 spiro atoms. The molecule has 5 heteroatoms. The zero-order valence-electron chi connectivity index (χ0n) is 15.9. The maximum absolute atomic E-state index is 11.0. The molecule has 28 heavy (non-hydrogen) atoms. The summed E-state index contributed by atoms with van der Waals surface area (Å²) in [6, 6.07) is 18.7. The third-order valence-corrected chi connectivity index (χ3v) is 5.49. The van der Waals surface area contributed by atoms with Gasteiger partial charge in [0.15, 0.2) is 12.0 Å². The van der Waals surface area contributed by atoms with E-state index in [9.17, 15) is 4.79 Å². The predicted octanol–water partition coefficient (Wildman–Crippen LogP) is 5.80. The molecule has 1 aromatic heterocycles. The van der Waals surface area contributed by atoms with Crippen LogP contribution >= 0.6 is 0 Å². The van der Waals surface area contributed by atoms with E-state index >= 15 is 0 Å². The van der Waals surface area contributed by atoms with Crippen LogP contribution in [0.1, 0.15) is 54.6 Å². The lowest BCUT2D eigenvalue weighted by Crippen LogP contribution is -2.37. The minimum atomic E-state index is -0.944. The van der Waals surface area contributed by atoms with E-state index in [1.165, 1.54) is 5.56 Å². The molecule has 0 aliphatic carbocycles. The summed E-state index contributed by atoms with van der Waals surface area (Å²) < 4.78 is 12.6. The van der Waals surface area contributed by atoms with Crippen LogP contribution in [0.15, 0.2) is 65.1 Å². The Balaban J connectivity index is 1.65. The van der Waals surface area contributed by atoms with Crippen LogP contribution < -0.4 is 5.32 Å². The lowest BCUT2D eigenvalue weighted by atomic mass is 9.85. The third-order valence-electron chi connectivity index (χ3n) is 5.49. The number of hydrogen-bond acceptors (Lipinski definition) is 4. The third kappa shape index (κ3) is 3.08. The van der Waals surface area contributed by atoms with Gasteiger partial charge in [0.2, 0.25) is 0 Å². The van der Waals surface area contributed by atoms with Crippen molar-refractivity contribution in [2.45, 2.75) is 38.5 Å². The Morgan fingerprint density at radius 2 is 1.75 bits per heavy atom. The second-order valence-corrected chi connectivity index (χ2v) is 6.97. The minimum Gasteiger partial charge on any atom is -0.478 e. The molecule has 0 bridgehead atoms. The molecule has 1 aliphatic rings. The highest BCUT2D eigenvalue weighted by Gasteiger charge is 2.40. The molecule has 1 aliphatic heterocycles. The maximum atomic E-state index is 11.0. The Morgan fingerprint density at radius 1 is 1.04 bits per heavy atom. The van der Waals surface area contributed by atoms with E-state index in [1.54, 1.807) is 24.3 Å². The zero-order chi connectivity index (χ0) is 19.7. The number of ether oxygens (including phenoxy) is 1. The van der Waals surface area contributed by atoms with Gasteiger partial charge in [0.1, 0.15) is 5.76 Å². The van der Waals surface area contributed by atoms with Gasteiger partial charge in [-0.25, -0.2) is 4.79 Å². The summed E-state index contributed by atoms with van der Waals surface area (Å²) in [7, 11) is 0. The zero-order valence-corrected chi connectivity index (χ0v) is 15.9. The highest BCUT2D eigenvalue weighted by Crippen LogP contribution is 2.46. The quantitative estimate of drug-likeness (QED) is 0.588. The van der Waals surface area contributed by atoms with E-state index in [1.807, 2.05) is 24.3 Å². The van der Waals surface area contributed by atoms with Gasteiger partial charge in [0.25, 0.3) is 0 Å². The van der Waals surface area contributed by atoms with Crippen molar-refractivity contribution in [2.75, 3.05) is 5.32 Å². The molecule has 2 aromatic carbocycles. The van der Waals surface area contributed by atoms with Gasteiger partial charge in [-0.15, -0.1) is 0 Å². The number of fused-ring (bicyclic) bond motifs is 1. The van der Waals surface area contributed by atoms with Gasteiger partial charge in [-0.2, -0.15) is 0 Å². The molecule has 1 atom stereocenters. The van der Waals surface area contributed by atoms with E-state index in [0.717, 1.165) is 24.1 Å². The molecular weight excluding hydrogens is 354 g/mol. The first-order valence-electron chi connectivity index (χ1n) is 9.53. The van der Waals surface area contributed by atoms with Gasteiger partial charge in [-0.3, -0.25) is 0 Å². The number of carbonyl (C=O) groups is 1. The van der Waals surface area contributed by atoms with Gasteiger partial charge in [0.05, 0.1) is 11.2 Å². The average Bonchev–Trinajstić information content (AvgIpc) is 3.23. The largest absolute Gasteiger partial charge is 0.478 e. The standard InChI is InChI=1S/C23H23NO4/c1-3-23(4-2)17-7-5-6-8-18(17)24-21(28-23)20-14-13-19(27-20)15-9-11-16(12-10-15)22(25)26/h5-14,21,24H,3-4H2,1-2H3,(H,25,26)/t21-/m1/s1. The Kier molecular flexibility index (Phi) is 4.69. The summed E-state index contributed by atoms with van der Waals surface area (Å²) in [5.41, 5.74) is 2.95. The van der Waals surface area contributed by atoms with Crippen molar-refractivity contribution >= 4 is 11.7 Å². The molecule has 0 saturated heterocycles. The fraction of sp³-hybridized carbons (Fsp3) is 0.261. The van der Waals surface area contributed by atoms with E-state index in [0.29, 0.717) is 11.5 Å². The van der Waals surface area contributed by atoms with Crippen molar-refractivity contribution in [2.24, 2.45) is 0 Å². The number of carboxylic acid groups (broad SMARTS) is 1. The van der Waals surface area contributed by atoms with Crippen molar-refractivity contribution in [1.82, 2.24) is 0 Å². The van der Waals surface area contributed by atoms with Gasteiger partial charge >= 0.3 is 5.97 Å². The van der Waals surface area contributed by atoms with Gasteiger partial charge in [-0.05, 0) is 43.2 Å². The molecule has 144 valence electrons. The molecule has 4 rings (SSSR count). The Morgan fingerprint density at radius 3 is 2.43 bits per heavy atom. The monoisotopic (exact) mass is 377 g/mol. The Labute approximate surface area is 164 Å². The Bertz CT molecular complexity index is 986. The number of carboxylic acids is 1. The normalized spacial score (nSPS) is 17.6. The van der Waals surface area contributed by atoms with E-state index in [-0.39, 0.29) is 17.4 Å². The molecule has 2 N–H and O–H groups in total. The van der Waals surface area contributed by atoms with E-state index in [2.05, 4.69) is 31.3 Å². The summed E-state index contributed by atoms with van der Waals surface area (Å²) in [6.07, 6.45) is 1.34. The number of hydrogen-bond donors (Lipinski definition) is 2. The van der Waals surface area contributed by atoms with Crippen molar-refractivity contribution < 1.29 is 19.1 Å². The molecule has 2 heterocycles. The molecule has 0 unspecified atom stereocenters. The number of furan rings is 1. The summed E-state index contributed by atoms with van der Waals surface area (Å²) in [4.78, 5) is 11.0. The van der Waals surface area contributed by atoms with Crippen LogP contribution in [0.4, 0.5) is 5.69 Å². The number of benzene rings is 2. The lowest BCUT2D eigenvalue weighted by molar-refractivity contribution is -0.110. The minimum absolute atomic E-state index is 0.250. The molecular formula is C23H23NO4. The summed E-state index contributed by atoms with van der Waals surface area (Å²) in [5.74, 6) is 0.425. The molecule has 3 aromatic rings. The number of rotatable bonds is 5. The highest BCUT2D eigenvalue weighted by molar-refractivity contribution is 5.88. The van der Waals surface area contributed by atoms with Crippen LogP contribution in [-0.2, 0) is 10.3 Å². The molecule has 0 fully saturated rings. The first-order chi connectivity index (χ1) is 13.6. The SMILES string of the molecule is CCC1(CC)O[C@H](c2ccc(-c3ccc(C(=O)O)cc3)o2)Nc2ccccc21. The van der Waals surface area contributed by atoms with E-state index < -0.39 is 5.97 Å². The van der Waals surface area contributed by atoms with Crippen LogP contribution in [0, 0.1) is 0 Å². The number of anilines is 1. The average molecular weight is 377 g/mol. The summed E-state index contributed by atoms with van der Waals surface area (Å²) in [5, 5.41) is 12.5. The summed E-state index contributed by atoms with van der Waals surface area (Å²) in [6.45, 7) is 4.28. The molecule has 5 nitrogen and oxygen atoms in total. The van der Waals surface area contributed by atoms with Gasteiger partial charge < -0.3 is 19.6 Å². The maximum Gasteiger partial charge on any atom is 0.335 e. The first-order valence-corrected chi connectivity index (χ1v) is 9.53. The van der Waals surface area contributed by atoms with Crippen LogP contribution in [0.5, 0.6) is 0 Å². The van der Waals surface area contributed by atoms with Crippen molar-refractivity contribution in [3.05, 3.63) is 77.6 Å². The number of nitrogens with one attached hydrogen (secondary N) is 1. The lowest BCUT2D eigenvalue weighted by Gasteiger charge is -2.42. The van der Waals surface area contributed by atoms with Crippen molar-refractivity contribution in [3.8, 4) is 11.3 Å². The summed E-state index contributed by atoms with van der Waals surface area (Å²) >= 11 is 0. The molecule has 0 saturated carbocycles. The highest BCUT2D eigenvalue weighted by atomic mass is 16.5. The van der Waals surface area contributed by atoms with Crippen LogP contribution in [0.3, 0.4) is 0 Å². The van der Waals surface area contributed by atoms with Crippen molar-refractivity contribution in [1.29, 1.82) is 0 Å². The van der Waals surface area contributed by atoms with Crippen LogP contribution in [-0.4, -0.2) is 11.1 Å². The molecule has 0 radical (unpaired) electrons. The first kappa shape index (κ1) is 18.3. The molecule has 0 amide bonds. The predicted molar refractivity (Wildman–Crippen MR) is 107 cm³/mol. The number of para-hydroxylation sites is 1. The van der Waals surface area contributed by atoms with Crippen molar-refractivity contribution in [3.63, 3.8) is 0 Å². The fourth-order valence-corrected chi connectivity index (χ4v) is 3.82.